The summed E-state index contributed by atoms with van der Waals surface area (Å²) in [7, 11) is 0. The van der Waals surface area contributed by atoms with Crippen LogP contribution in [0.5, 0.6) is 0 Å². The summed E-state index contributed by atoms with van der Waals surface area (Å²) in [6.45, 7) is 0.475. The first kappa shape index (κ1) is 18.3. The Kier molecular flexibility index (Phi) is 6.10. The molecule has 0 amide bonds. The second kappa shape index (κ2) is 7.67. The van der Waals surface area contributed by atoms with Crippen molar-refractivity contribution in [2.24, 2.45) is 0 Å². The van der Waals surface area contributed by atoms with Crippen molar-refractivity contribution >= 4 is 57.2 Å². The third-order valence-corrected chi connectivity index (χ3v) is 4.12. The van der Waals surface area contributed by atoms with Crippen LogP contribution in [0.1, 0.15) is 11.1 Å². The molecule has 2 rings (SSSR count). The molecule has 0 aliphatic heterocycles. The van der Waals surface area contributed by atoms with E-state index in [-0.39, 0.29) is 15.8 Å². The first-order valence-corrected chi connectivity index (χ1v) is 8.28. The Labute approximate surface area is 155 Å². The van der Waals surface area contributed by atoms with E-state index >= 15 is 0 Å². The summed E-state index contributed by atoms with van der Waals surface area (Å²) in [4.78, 5) is 0. The van der Waals surface area contributed by atoms with Crippen molar-refractivity contribution in [3.63, 3.8) is 0 Å². The van der Waals surface area contributed by atoms with Gasteiger partial charge < -0.3 is 10.6 Å². The molecule has 0 radical (unpaired) electrons. The molecule has 0 saturated carbocycles. The van der Waals surface area contributed by atoms with Crippen molar-refractivity contribution in [1.82, 2.24) is 5.32 Å². The molecule has 0 heterocycles. The fraction of sp³-hybridized carbons (Fsp3) is 0.133. The molecule has 0 aromatic heterocycles. The average molecular weight is 471 g/mol. The lowest BCUT2D eigenvalue weighted by atomic mass is 10.2. The lowest BCUT2D eigenvalue weighted by molar-refractivity contribution is -0.137. The second-order valence-corrected chi connectivity index (χ2v) is 6.69. The maximum Gasteiger partial charge on any atom is 0.417 e. The summed E-state index contributed by atoms with van der Waals surface area (Å²) >= 11 is 12.9. The largest absolute Gasteiger partial charge is 0.417 e. The van der Waals surface area contributed by atoms with Gasteiger partial charge in [-0.05, 0) is 70.7 Å². The van der Waals surface area contributed by atoms with Crippen molar-refractivity contribution < 1.29 is 13.2 Å². The lowest BCUT2D eigenvalue weighted by Gasteiger charge is -2.14. The summed E-state index contributed by atoms with van der Waals surface area (Å²) in [5.41, 5.74) is 0.347. The van der Waals surface area contributed by atoms with E-state index in [0.717, 1.165) is 15.2 Å². The van der Waals surface area contributed by atoms with E-state index in [2.05, 4.69) is 33.2 Å². The molecule has 0 aliphatic carbocycles. The van der Waals surface area contributed by atoms with Gasteiger partial charge in [-0.2, -0.15) is 13.2 Å². The van der Waals surface area contributed by atoms with Gasteiger partial charge in [-0.25, -0.2) is 0 Å². The van der Waals surface area contributed by atoms with Crippen molar-refractivity contribution in [3.05, 3.63) is 62.2 Å². The van der Waals surface area contributed by atoms with Crippen LogP contribution in [0, 0.1) is 3.57 Å². The maximum absolute atomic E-state index is 12.8. The number of rotatable bonds is 3. The van der Waals surface area contributed by atoms with Gasteiger partial charge in [0.2, 0.25) is 0 Å². The Balaban J connectivity index is 2.00. The zero-order chi connectivity index (χ0) is 17.0. The van der Waals surface area contributed by atoms with Crippen LogP contribution < -0.4 is 10.6 Å². The number of thiocarbonyl (C=S) groups is 1. The molecule has 122 valence electrons. The van der Waals surface area contributed by atoms with Gasteiger partial charge in [0.15, 0.2) is 5.11 Å². The predicted octanol–water partition coefficient (Wildman–Crippen LogP) is 5.45. The molecule has 2 N–H and O–H groups in total. The zero-order valence-corrected chi connectivity index (χ0v) is 15.3. The third kappa shape index (κ3) is 5.50. The first-order chi connectivity index (χ1) is 10.8. The number of halogens is 5. The normalized spacial score (nSPS) is 11.2. The van der Waals surface area contributed by atoms with Crippen LogP contribution in [-0.4, -0.2) is 5.11 Å². The molecule has 0 unspecified atom stereocenters. The summed E-state index contributed by atoms with van der Waals surface area (Å²) in [5.74, 6) is 0. The molecular formula is C15H11ClF3IN2S. The number of alkyl halides is 3. The van der Waals surface area contributed by atoms with Gasteiger partial charge in [0.1, 0.15) is 0 Å². The van der Waals surface area contributed by atoms with Crippen molar-refractivity contribution in [2.45, 2.75) is 12.7 Å². The third-order valence-electron chi connectivity index (χ3n) is 2.87. The molecular weight excluding hydrogens is 460 g/mol. The van der Waals surface area contributed by atoms with Gasteiger partial charge in [0.05, 0.1) is 10.6 Å². The van der Waals surface area contributed by atoms with Crippen molar-refractivity contribution in [1.29, 1.82) is 0 Å². The molecule has 2 aromatic carbocycles. The fourth-order valence-electron chi connectivity index (χ4n) is 1.82. The summed E-state index contributed by atoms with van der Waals surface area (Å²) in [6.07, 6.45) is -4.51. The minimum Gasteiger partial charge on any atom is -0.358 e. The van der Waals surface area contributed by atoms with Crippen LogP contribution in [0.3, 0.4) is 0 Å². The van der Waals surface area contributed by atoms with Crippen LogP contribution in [0.4, 0.5) is 18.9 Å². The Morgan fingerprint density at radius 3 is 2.57 bits per heavy atom. The molecule has 0 atom stereocenters. The molecule has 0 saturated heterocycles. The molecule has 0 fully saturated rings. The van der Waals surface area contributed by atoms with E-state index in [0.29, 0.717) is 6.54 Å². The maximum atomic E-state index is 12.8. The fourth-order valence-corrected chi connectivity index (χ4v) is 2.85. The number of benzene rings is 2. The second-order valence-electron chi connectivity index (χ2n) is 4.63. The summed E-state index contributed by atoms with van der Waals surface area (Å²) in [5, 5.41) is 5.57. The highest BCUT2D eigenvalue weighted by atomic mass is 127. The monoisotopic (exact) mass is 470 g/mol. The van der Waals surface area contributed by atoms with Crippen molar-refractivity contribution in [2.75, 3.05) is 5.32 Å². The topological polar surface area (TPSA) is 24.1 Å². The number of nitrogens with one attached hydrogen (secondary N) is 2. The molecule has 0 bridgehead atoms. The van der Waals surface area contributed by atoms with E-state index in [1.54, 1.807) is 0 Å². The molecule has 23 heavy (non-hydrogen) atoms. The lowest BCUT2D eigenvalue weighted by Crippen LogP contribution is -2.28. The van der Waals surface area contributed by atoms with Gasteiger partial charge in [0, 0.05) is 15.8 Å². The van der Waals surface area contributed by atoms with Crippen LogP contribution >= 0.6 is 46.4 Å². The van der Waals surface area contributed by atoms with Gasteiger partial charge in [-0.15, -0.1) is 0 Å². The Hall–Kier alpha value is -1.06. The quantitative estimate of drug-likeness (QED) is 0.461. The van der Waals surface area contributed by atoms with E-state index in [1.165, 1.54) is 12.1 Å². The van der Waals surface area contributed by atoms with E-state index in [1.807, 2.05) is 24.3 Å². The molecule has 2 nitrogen and oxygen atoms in total. The Morgan fingerprint density at radius 2 is 1.91 bits per heavy atom. The highest BCUT2D eigenvalue weighted by molar-refractivity contribution is 14.1. The molecule has 8 heteroatoms. The number of hydrogen-bond acceptors (Lipinski definition) is 1. The van der Waals surface area contributed by atoms with Gasteiger partial charge in [0.25, 0.3) is 0 Å². The first-order valence-electron chi connectivity index (χ1n) is 6.42. The highest BCUT2D eigenvalue weighted by Gasteiger charge is 2.33. The average Bonchev–Trinajstić information content (AvgIpc) is 2.46. The summed E-state index contributed by atoms with van der Waals surface area (Å²) < 4.78 is 39.5. The Bertz CT molecular complexity index is 722. The number of anilines is 1. The van der Waals surface area contributed by atoms with E-state index < -0.39 is 11.7 Å². The van der Waals surface area contributed by atoms with Gasteiger partial charge in [-0.1, -0.05) is 23.7 Å². The molecule has 0 aliphatic rings. The highest BCUT2D eigenvalue weighted by Crippen LogP contribution is 2.36. The van der Waals surface area contributed by atoms with Crippen LogP contribution in [-0.2, 0) is 12.7 Å². The summed E-state index contributed by atoms with van der Waals surface area (Å²) in [6, 6.07) is 11.4. The smallest absolute Gasteiger partial charge is 0.358 e. The van der Waals surface area contributed by atoms with E-state index in [9.17, 15) is 13.2 Å². The molecule has 2 aromatic rings. The SMILES string of the molecule is FC(F)(F)c1cc(NC(=S)NCc2cccc(I)c2)ccc1Cl. The van der Waals surface area contributed by atoms with Crippen LogP contribution in [0.25, 0.3) is 0 Å². The van der Waals surface area contributed by atoms with Gasteiger partial charge >= 0.3 is 6.18 Å². The van der Waals surface area contributed by atoms with Gasteiger partial charge in [-0.3, -0.25) is 0 Å². The minimum absolute atomic E-state index is 0.224. The van der Waals surface area contributed by atoms with Crippen molar-refractivity contribution in [3.8, 4) is 0 Å². The van der Waals surface area contributed by atoms with E-state index in [4.69, 9.17) is 23.8 Å². The number of hydrogen-bond donors (Lipinski definition) is 2. The molecule has 0 spiro atoms. The zero-order valence-electron chi connectivity index (χ0n) is 11.5. The van der Waals surface area contributed by atoms with Crippen LogP contribution in [0.2, 0.25) is 5.02 Å². The Morgan fingerprint density at radius 1 is 1.17 bits per heavy atom. The minimum atomic E-state index is -4.51. The predicted molar refractivity (Wildman–Crippen MR) is 98.7 cm³/mol. The standard InChI is InChI=1S/C15H11ClF3IN2S/c16-13-5-4-11(7-12(13)15(17,18)19)22-14(23)21-8-9-2-1-3-10(20)6-9/h1-7H,8H2,(H2,21,22,23). The van der Waals surface area contributed by atoms with Crippen LogP contribution in [0.15, 0.2) is 42.5 Å².